The van der Waals surface area contributed by atoms with Gasteiger partial charge in [0.25, 0.3) is 0 Å². The number of carbonyl (C=O) groups is 1. The third-order valence-electron chi connectivity index (χ3n) is 5.07. The van der Waals surface area contributed by atoms with Crippen molar-refractivity contribution in [3.63, 3.8) is 0 Å². The van der Waals surface area contributed by atoms with Crippen molar-refractivity contribution in [3.8, 4) is 0 Å². The number of carbonyl (C=O) groups excluding carboxylic acids is 1. The van der Waals surface area contributed by atoms with E-state index in [0.717, 1.165) is 19.5 Å². The Balaban J connectivity index is 1.90. The number of nitrogens with one attached hydrogen (secondary N) is 1. The molecule has 2 aliphatic rings. The van der Waals surface area contributed by atoms with Crippen molar-refractivity contribution >= 4 is 11.7 Å². The van der Waals surface area contributed by atoms with Gasteiger partial charge in [-0.2, -0.15) is 0 Å². The minimum atomic E-state index is -0.673. The van der Waals surface area contributed by atoms with E-state index in [1.807, 2.05) is 7.05 Å². The van der Waals surface area contributed by atoms with Crippen LogP contribution in [0.1, 0.15) is 51.4 Å². The minimum Gasteiger partial charge on any atom is -0.409 e. The summed E-state index contributed by atoms with van der Waals surface area (Å²) in [7, 11) is 2.04. The third kappa shape index (κ3) is 4.09. The van der Waals surface area contributed by atoms with Crippen LogP contribution >= 0.6 is 0 Å². The first-order chi connectivity index (χ1) is 10.1. The molecule has 0 radical (unpaired) electrons. The summed E-state index contributed by atoms with van der Waals surface area (Å²) in [5.41, 5.74) is 5.19. The lowest BCUT2D eigenvalue weighted by Crippen LogP contribution is -2.62. The molecule has 0 aromatic heterocycles. The van der Waals surface area contributed by atoms with Gasteiger partial charge in [-0.25, -0.2) is 0 Å². The molecular formula is C15H28N4O2. The number of hydrogen-bond donors (Lipinski definition) is 3. The van der Waals surface area contributed by atoms with E-state index in [0.29, 0.717) is 25.2 Å². The van der Waals surface area contributed by atoms with Gasteiger partial charge in [0.1, 0.15) is 5.54 Å². The summed E-state index contributed by atoms with van der Waals surface area (Å²) in [6.45, 7) is 1.66. The highest BCUT2D eigenvalue weighted by Crippen LogP contribution is 2.29. The van der Waals surface area contributed by atoms with Gasteiger partial charge in [-0.15, -0.1) is 0 Å². The quantitative estimate of drug-likeness (QED) is 0.308. The van der Waals surface area contributed by atoms with Crippen molar-refractivity contribution in [2.75, 3.05) is 20.1 Å². The third-order valence-corrected chi connectivity index (χ3v) is 5.07. The van der Waals surface area contributed by atoms with E-state index in [-0.39, 0.29) is 11.7 Å². The molecule has 0 atom stereocenters. The molecular weight excluding hydrogens is 268 g/mol. The number of likely N-dealkylation sites (tertiary alicyclic amines) is 1. The van der Waals surface area contributed by atoms with Gasteiger partial charge in [0.05, 0.1) is 0 Å². The van der Waals surface area contributed by atoms with Crippen molar-refractivity contribution in [2.24, 2.45) is 16.8 Å². The Kier molecular flexibility index (Phi) is 5.45. The Hall–Kier alpha value is -1.30. The Morgan fingerprint density at radius 1 is 1.38 bits per heavy atom. The molecule has 0 spiro atoms. The summed E-state index contributed by atoms with van der Waals surface area (Å²) >= 11 is 0. The Morgan fingerprint density at radius 2 is 2.00 bits per heavy atom. The number of amidine groups is 1. The van der Waals surface area contributed by atoms with E-state index in [4.69, 9.17) is 10.9 Å². The number of rotatable bonds is 5. The normalized spacial score (nSPS) is 24.1. The predicted octanol–water partition coefficient (Wildman–Crippen LogP) is 1.28. The van der Waals surface area contributed by atoms with Crippen molar-refractivity contribution in [1.82, 2.24) is 10.2 Å². The molecule has 2 rings (SSSR count). The van der Waals surface area contributed by atoms with Crippen molar-refractivity contribution in [1.29, 1.82) is 0 Å². The van der Waals surface area contributed by atoms with Crippen molar-refractivity contribution in [2.45, 2.75) is 56.9 Å². The van der Waals surface area contributed by atoms with Crippen LogP contribution in [0.3, 0.4) is 0 Å². The molecule has 1 saturated carbocycles. The summed E-state index contributed by atoms with van der Waals surface area (Å²) in [5.74, 6) is 0.857. The predicted molar refractivity (Wildman–Crippen MR) is 82.2 cm³/mol. The maximum absolute atomic E-state index is 12.3. The van der Waals surface area contributed by atoms with Gasteiger partial charge in [-0.05, 0) is 32.2 Å². The lowest BCUT2D eigenvalue weighted by atomic mass is 9.86. The van der Waals surface area contributed by atoms with E-state index >= 15 is 0 Å². The Morgan fingerprint density at radius 3 is 2.57 bits per heavy atom. The molecule has 2 fully saturated rings. The highest BCUT2D eigenvalue weighted by atomic mass is 16.4. The van der Waals surface area contributed by atoms with Crippen LogP contribution in [-0.2, 0) is 4.79 Å². The second kappa shape index (κ2) is 7.11. The average Bonchev–Trinajstić information content (AvgIpc) is 3.00. The van der Waals surface area contributed by atoms with E-state index in [2.05, 4.69) is 15.4 Å². The van der Waals surface area contributed by atoms with Crippen molar-refractivity contribution < 1.29 is 10.0 Å². The maximum Gasteiger partial charge on any atom is 0.220 e. The molecule has 120 valence electrons. The smallest absolute Gasteiger partial charge is 0.220 e. The second-order valence-corrected chi connectivity index (χ2v) is 6.61. The van der Waals surface area contributed by atoms with Crippen LogP contribution in [0.15, 0.2) is 5.16 Å². The first-order valence-electron chi connectivity index (χ1n) is 8.03. The van der Waals surface area contributed by atoms with Gasteiger partial charge in [0, 0.05) is 19.5 Å². The van der Waals surface area contributed by atoms with Crippen molar-refractivity contribution in [3.05, 3.63) is 0 Å². The summed E-state index contributed by atoms with van der Waals surface area (Å²) in [4.78, 5) is 14.4. The number of amides is 1. The Bertz CT molecular complexity index is 383. The molecule has 6 nitrogen and oxygen atoms in total. The second-order valence-electron chi connectivity index (χ2n) is 6.61. The fourth-order valence-electron chi connectivity index (χ4n) is 3.50. The zero-order valence-corrected chi connectivity index (χ0v) is 13.0. The van der Waals surface area contributed by atoms with Gasteiger partial charge in [0.15, 0.2) is 5.84 Å². The molecule has 0 aromatic rings. The summed E-state index contributed by atoms with van der Waals surface area (Å²) < 4.78 is 0. The fourth-order valence-corrected chi connectivity index (χ4v) is 3.50. The first kappa shape index (κ1) is 16.1. The highest BCUT2D eigenvalue weighted by molar-refractivity contribution is 5.94. The number of nitrogens with zero attached hydrogens (tertiary/aromatic N) is 2. The zero-order valence-electron chi connectivity index (χ0n) is 13.0. The van der Waals surface area contributed by atoms with E-state index < -0.39 is 5.54 Å². The number of hydrogen-bond acceptors (Lipinski definition) is 4. The number of oxime groups is 1. The van der Waals surface area contributed by atoms with E-state index in [9.17, 15) is 4.79 Å². The molecule has 1 saturated heterocycles. The van der Waals surface area contributed by atoms with Crippen LogP contribution in [0.4, 0.5) is 0 Å². The molecule has 21 heavy (non-hydrogen) atoms. The van der Waals surface area contributed by atoms with Crippen LogP contribution in [0.25, 0.3) is 0 Å². The molecule has 1 aliphatic carbocycles. The highest BCUT2D eigenvalue weighted by Gasteiger charge is 2.39. The standard InChI is InChI=1S/C15H28N4O2/c1-19-10-8-15(9-11-19,14(16)18-21)17-13(20)7-6-12-4-2-3-5-12/h12,21H,2-11H2,1H3,(H2,16,18)(H,17,20). The van der Waals surface area contributed by atoms with Crippen LogP contribution in [0.2, 0.25) is 0 Å². The fraction of sp³-hybridized carbons (Fsp3) is 0.867. The molecule has 0 unspecified atom stereocenters. The molecule has 0 aromatic carbocycles. The largest absolute Gasteiger partial charge is 0.409 e. The van der Waals surface area contributed by atoms with Gasteiger partial charge in [-0.1, -0.05) is 30.8 Å². The van der Waals surface area contributed by atoms with Gasteiger partial charge >= 0.3 is 0 Å². The Labute approximate surface area is 126 Å². The lowest BCUT2D eigenvalue weighted by Gasteiger charge is -2.40. The first-order valence-corrected chi connectivity index (χ1v) is 8.03. The van der Waals surface area contributed by atoms with Gasteiger partial charge in [-0.3, -0.25) is 4.79 Å². The summed E-state index contributed by atoms with van der Waals surface area (Å²) in [6, 6.07) is 0. The molecule has 1 heterocycles. The van der Waals surface area contributed by atoms with Crippen LogP contribution in [-0.4, -0.2) is 47.5 Å². The molecule has 1 aliphatic heterocycles. The SMILES string of the molecule is CN1CCC(NC(=O)CCC2CCCC2)(/C(N)=N/O)CC1. The van der Waals surface area contributed by atoms with E-state index in [1.54, 1.807) is 0 Å². The number of piperidine rings is 1. The van der Waals surface area contributed by atoms with Crippen LogP contribution in [0, 0.1) is 5.92 Å². The average molecular weight is 296 g/mol. The number of nitrogens with two attached hydrogens (primary N) is 1. The van der Waals surface area contributed by atoms with Crippen LogP contribution in [0.5, 0.6) is 0 Å². The molecule has 1 amide bonds. The summed E-state index contributed by atoms with van der Waals surface area (Å²) in [6.07, 6.45) is 7.98. The maximum atomic E-state index is 12.3. The van der Waals surface area contributed by atoms with E-state index in [1.165, 1.54) is 25.7 Å². The summed E-state index contributed by atoms with van der Waals surface area (Å²) in [5, 5.41) is 15.2. The molecule has 6 heteroatoms. The minimum absolute atomic E-state index is 0.0260. The lowest BCUT2D eigenvalue weighted by molar-refractivity contribution is -0.123. The van der Waals surface area contributed by atoms with Gasteiger partial charge in [0.2, 0.25) is 5.91 Å². The zero-order chi connectivity index (χ0) is 15.3. The van der Waals surface area contributed by atoms with Crippen LogP contribution < -0.4 is 11.1 Å². The monoisotopic (exact) mass is 296 g/mol. The molecule has 0 bridgehead atoms. The van der Waals surface area contributed by atoms with Gasteiger partial charge < -0.3 is 21.2 Å². The topological polar surface area (TPSA) is 91.0 Å². The molecule has 4 N–H and O–H groups in total.